The first-order valence-electron chi connectivity index (χ1n) is 6.95. The topological polar surface area (TPSA) is 70.6 Å². The lowest BCUT2D eigenvalue weighted by Gasteiger charge is -2.22. The molecule has 0 fully saturated rings. The number of alkyl carbamates (subject to hydrolysis) is 1. The zero-order valence-electron chi connectivity index (χ0n) is 13.2. The molecule has 0 aliphatic heterocycles. The lowest BCUT2D eigenvalue weighted by atomic mass is 10.2. The Morgan fingerprint density at radius 2 is 1.86 bits per heavy atom. The number of halogens is 2. The van der Waals surface area contributed by atoms with Crippen molar-refractivity contribution in [3.8, 4) is 5.75 Å². The molecule has 1 amide bonds. The van der Waals surface area contributed by atoms with Crippen molar-refractivity contribution in [2.45, 2.75) is 45.9 Å². The summed E-state index contributed by atoms with van der Waals surface area (Å²) < 4.78 is 31.4. The van der Waals surface area contributed by atoms with E-state index in [9.17, 15) is 13.6 Å². The van der Waals surface area contributed by atoms with Gasteiger partial charge in [-0.15, -0.1) is 0 Å². The van der Waals surface area contributed by atoms with Crippen LogP contribution in [0.15, 0.2) is 12.1 Å². The minimum absolute atomic E-state index is 0.203. The number of carbonyl (C=O) groups excluding carboxylic acids is 1. The molecule has 7 heteroatoms. The van der Waals surface area contributed by atoms with E-state index < -0.39 is 29.1 Å². The van der Waals surface area contributed by atoms with E-state index in [-0.39, 0.29) is 12.6 Å². The van der Waals surface area contributed by atoms with Crippen LogP contribution in [0, 0.1) is 11.6 Å². The van der Waals surface area contributed by atoms with Gasteiger partial charge in [0.2, 0.25) is 0 Å². The number of carbonyl (C=O) groups is 1. The summed E-state index contributed by atoms with van der Waals surface area (Å²) in [5, 5.41) is 14.6. The Hall–Kier alpha value is -1.89. The molecule has 0 heterocycles. The Morgan fingerprint density at radius 3 is 2.36 bits per heavy atom. The van der Waals surface area contributed by atoms with Gasteiger partial charge in [0.15, 0.2) is 17.4 Å². The number of rotatable bonds is 5. The van der Waals surface area contributed by atoms with E-state index in [1.165, 1.54) is 0 Å². The summed E-state index contributed by atoms with van der Waals surface area (Å²) in [4.78, 5) is 11.5. The first-order valence-corrected chi connectivity index (χ1v) is 6.95. The average molecular weight is 316 g/mol. The van der Waals surface area contributed by atoms with Crippen molar-refractivity contribution in [1.82, 2.24) is 10.6 Å². The molecule has 22 heavy (non-hydrogen) atoms. The molecule has 0 saturated carbocycles. The average Bonchev–Trinajstić information content (AvgIpc) is 2.33. The first kappa shape index (κ1) is 18.2. The van der Waals surface area contributed by atoms with E-state index in [0.29, 0.717) is 12.1 Å². The van der Waals surface area contributed by atoms with Crippen LogP contribution in [0.1, 0.15) is 33.3 Å². The molecular formula is C15H22F2N2O3. The van der Waals surface area contributed by atoms with Crippen LogP contribution in [0.25, 0.3) is 0 Å². The highest BCUT2D eigenvalue weighted by atomic mass is 19.1. The third-order valence-electron chi connectivity index (χ3n) is 2.62. The molecule has 124 valence electrons. The van der Waals surface area contributed by atoms with Crippen molar-refractivity contribution in [2.75, 3.05) is 6.54 Å². The Labute approximate surface area is 128 Å². The molecule has 5 nitrogen and oxygen atoms in total. The Morgan fingerprint density at radius 1 is 1.32 bits per heavy atom. The van der Waals surface area contributed by atoms with E-state index in [1.54, 1.807) is 27.7 Å². The zero-order valence-corrected chi connectivity index (χ0v) is 13.2. The van der Waals surface area contributed by atoms with Crippen LogP contribution in [0.4, 0.5) is 13.6 Å². The van der Waals surface area contributed by atoms with Gasteiger partial charge >= 0.3 is 6.09 Å². The van der Waals surface area contributed by atoms with E-state index in [0.717, 1.165) is 12.1 Å². The van der Waals surface area contributed by atoms with Gasteiger partial charge in [-0.3, -0.25) is 0 Å². The van der Waals surface area contributed by atoms with Gasteiger partial charge in [0, 0.05) is 19.1 Å². The molecule has 1 rings (SSSR count). The van der Waals surface area contributed by atoms with Crippen LogP contribution in [0.3, 0.4) is 0 Å². The van der Waals surface area contributed by atoms with Gasteiger partial charge in [0.25, 0.3) is 0 Å². The first-order chi connectivity index (χ1) is 10.1. The van der Waals surface area contributed by atoms with Gasteiger partial charge < -0.3 is 20.5 Å². The highest BCUT2D eigenvalue weighted by Gasteiger charge is 2.17. The maximum Gasteiger partial charge on any atom is 0.407 e. The molecule has 1 aromatic carbocycles. The summed E-state index contributed by atoms with van der Waals surface area (Å²) >= 11 is 0. The fourth-order valence-corrected chi connectivity index (χ4v) is 1.71. The Kier molecular flexibility index (Phi) is 6.11. The number of hydrogen-bond acceptors (Lipinski definition) is 4. The number of phenols is 1. The second kappa shape index (κ2) is 7.40. The lowest BCUT2D eigenvalue weighted by Crippen LogP contribution is -2.42. The molecule has 0 aromatic heterocycles. The summed E-state index contributed by atoms with van der Waals surface area (Å²) in [6.07, 6.45) is -0.525. The van der Waals surface area contributed by atoms with Crippen molar-refractivity contribution < 1.29 is 23.4 Å². The standard InChI is InChI=1S/C15H22F2N2O3/c1-9(19-14(21)22-15(2,3)4)7-18-8-10-5-11(16)13(20)12(17)6-10/h5-6,9,18,20H,7-8H2,1-4H3,(H,19,21). The fraction of sp³-hybridized carbons (Fsp3) is 0.533. The van der Waals surface area contributed by atoms with Gasteiger partial charge in [-0.1, -0.05) is 0 Å². The molecule has 0 spiro atoms. The summed E-state index contributed by atoms with van der Waals surface area (Å²) in [6, 6.07) is 1.89. The Balaban J connectivity index is 2.39. The van der Waals surface area contributed by atoms with Crippen molar-refractivity contribution in [1.29, 1.82) is 0 Å². The van der Waals surface area contributed by atoms with Gasteiger partial charge in [-0.25, -0.2) is 13.6 Å². The van der Waals surface area contributed by atoms with Crippen molar-refractivity contribution in [2.24, 2.45) is 0 Å². The molecule has 1 unspecified atom stereocenters. The summed E-state index contributed by atoms with van der Waals surface area (Å²) in [7, 11) is 0. The van der Waals surface area contributed by atoms with Crippen LogP contribution >= 0.6 is 0 Å². The summed E-state index contributed by atoms with van der Waals surface area (Å²) in [6.45, 7) is 7.67. The van der Waals surface area contributed by atoms with E-state index in [2.05, 4.69) is 10.6 Å². The fourth-order valence-electron chi connectivity index (χ4n) is 1.71. The monoisotopic (exact) mass is 316 g/mol. The molecule has 0 aliphatic carbocycles. The molecule has 0 saturated heterocycles. The number of amides is 1. The molecule has 1 atom stereocenters. The number of ether oxygens (including phenoxy) is 1. The highest BCUT2D eigenvalue weighted by molar-refractivity contribution is 5.68. The smallest absolute Gasteiger partial charge is 0.407 e. The second-order valence-electron chi connectivity index (χ2n) is 6.09. The molecule has 0 radical (unpaired) electrons. The highest BCUT2D eigenvalue weighted by Crippen LogP contribution is 2.21. The number of phenolic OH excluding ortho intramolecular Hbond substituents is 1. The minimum atomic E-state index is -1.00. The van der Waals surface area contributed by atoms with Gasteiger partial charge in [-0.05, 0) is 45.4 Å². The minimum Gasteiger partial charge on any atom is -0.503 e. The van der Waals surface area contributed by atoms with Gasteiger partial charge in [0.1, 0.15) is 5.60 Å². The summed E-state index contributed by atoms with van der Waals surface area (Å²) in [5.41, 5.74) is -0.213. The quantitative estimate of drug-likeness (QED) is 0.781. The number of nitrogens with one attached hydrogen (secondary N) is 2. The van der Waals surface area contributed by atoms with Crippen LogP contribution in [0.2, 0.25) is 0 Å². The lowest BCUT2D eigenvalue weighted by molar-refractivity contribution is 0.0508. The van der Waals surface area contributed by atoms with Crippen molar-refractivity contribution in [3.05, 3.63) is 29.3 Å². The van der Waals surface area contributed by atoms with Crippen LogP contribution in [-0.2, 0) is 11.3 Å². The van der Waals surface area contributed by atoms with Gasteiger partial charge in [0.05, 0.1) is 0 Å². The van der Waals surface area contributed by atoms with Crippen LogP contribution < -0.4 is 10.6 Å². The number of hydrogen-bond donors (Lipinski definition) is 3. The normalized spacial score (nSPS) is 12.8. The molecular weight excluding hydrogens is 294 g/mol. The third kappa shape index (κ3) is 6.26. The van der Waals surface area contributed by atoms with Crippen LogP contribution in [-0.4, -0.2) is 29.4 Å². The maximum atomic E-state index is 13.2. The number of aromatic hydroxyl groups is 1. The number of benzene rings is 1. The predicted molar refractivity (Wildman–Crippen MR) is 78.6 cm³/mol. The van der Waals surface area contributed by atoms with Crippen molar-refractivity contribution >= 4 is 6.09 Å². The zero-order chi connectivity index (χ0) is 16.9. The third-order valence-corrected chi connectivity index (χ3v) is 2.62. The SMILES string of the molecule is CC(CNCc1cc(F)c(O)c(F)c1)NC(=O)OC(C)(C)C. The van der Waals surface area contributed by atoms with Gasteiger partial charge in [-0.2, -0.15) is 0 Å². The maximum absolute atomic E-state index is 13.2. The molecule has 0 aliphatic rings. The summed E-state index contributed by atoms with van der Waals surface area (Å²) in [5.74, 6) is -2.99. The van der Waals surface area contributed by atoms with E-state index >= 15 is 0 Å². The van der Waals surface area contributed by atoms with Crippen molar-refractivity contribution in [3.63, 3.8) is 0 Å². The largest absolute Gasteiger partial charge is 0.503 e. The van der Waals surface area contributed by atoms with E-state index in [4.69, 9.17) is 9.84 Å². The molecule has 0 bridgehead atoms. The molecule has 3 N–H and O–H groups in total. The Bertz CT molecular complexity index is 507. The molecule has 1 aromatic rings. The predicted octanol–water partition coefficient (Wildman–Crippen LogP) is 2.67. The van der Waals surface area contributed by atoms with Crippen LogP contribution in [0.5, 0.6) is 5.75 Å². The second-order valence-corrected chi connectivity index (χ2v) is 6.09. The van der Waals surface area contributed by atoms with E-state index in [1.807, 2.05) is 0 Å².